The predicted molar refractivity (Wildman–Crippen MR) is 131 cm³/mol. The van der Waals surface area contributed by atoms with Gasteiger partial charge >= 0.3 is 0 Å². The molecular formula is C25H38N2O5S. The molecule has 33 heavy (non-hydrogen) atoms. The largest absolute Gasteiger partial charge is 0.493 e. The van der Waals surface area contributed by atoms with Crippen LogP contribution in [0, 0.1) is 17.8 Å². The maximum absolute atomic E-state index is 13.7. The van der Waals surface area contributed by atoms with Gasteiger partial charge in [0.15, 0.2) is 0 Å². The molecule has 0 saturated carbocycles. The Bertz CT molecular complexity index is 1030. The van der Waals surface area contributed by atoms with E-state index >= 15 is 0 Å². The Morgan fingerprint density at radius 1 is 0.970 bits per heavy atom. The van der Waals surface area contributed by atoms with E-state index in [1.807, 2.05) is 45.9 Å². The quantitative estimate of drug-likeness (QED) is 0.336. The van der Waals surface area contributed by atoms with E-state index < -0.39 is 22.0 Å². The molecule has 1 amide bonds. The van der Waals surface area contributed by atoms with E-state index in [0.29, 0.717) is 25.4 Å². The number of carbonyl (C=O) groups is 1. The molecule has 0 aliphatic rings. The molecule has 184 valence electrons. The highest BCUT2D eigenvalue weighted by Gasteiger charge is 2.36. The molecule has 7 nitrogen and oxygen atoms in total. The number of benzene rings is 2. The number of ether oxygens (including phenoxy) is 1. The van der Waals surface area contributed by atoms with E-state index in [1.165, 1.54) is 4.31 Å². The van der Waals surface area contributed by atoms with Crippen molar-refractivity contribution >= 4 is 26.7 Å². The van der Waals surface area contributed by atoms with E-state index in [-0.39, 0.29) is 23.3 Å². The van der Waals surface area contributed by atoms with Gasteiger partial charge in [-0.2, -0.15) is 4.31 Å². The van der Waals surface area contributed by atoms with Crippen LogP contribution < -0.4 is 10.2 Å². The van der Waals surface area contributed by atoms with Gasteiger partial charge in [0.1, 0.15) is 11.8 Å². The first-order valence-corrected chi connectivity index (χ1v) is 13.0. The Morgan fingerprint density at radius 3 is 2.18 bits per heavy atom. The van der Waals surface area contributed by atoms with Crippen molar-refractivity contribution in [3.8, 4) is 5.75 Å². The number of fused-ring (bicyclic) bond motifs is 1. The molecular weight excluding hydrogens is 440 g/mol. The molecule has 0 aliphatic carbocycles. The van der Waals surface area contributed by atoms with Crippen molar-refractivity contribution in [2.75, 3.05) is 13.2 Å². The highest BCUT2D eigenvalue weighted by molar-refractivity contribution is 7.89. The summed E-state index contributed by atoms with van der Waals surface area (Å²) in [5.41, 5.74) is 1.66. The lowest BCUT2D eigenvalue weighted by Crippen LogP contribution is -2.50. The number of nitrogens with one attached hydrogen (secondary N) is 1. The smallest absolute Gasteiger partial charge is 0.261 e. The zero-order valence-electron chi connectivity index (χ0n) is 20.5. The maximum Gasteiger partial charge on any atom is 0.261 e. The molecule has 1 unspecified atom stereocenters. The molecule has 2 N–H and O–H groups in total. The molecule has 0 radical (unpaired) electrons. The second-order valence-corrected chi connectivity index (χ2v) is 11.7. The van der Waals surface area contributed by atoms with Gasteiger partial charge in [-0.15, -0.1) is 0 Å². The van der Waals surface area contributed by atoms with Crippen LogP contribution >= 0.6 is 0 Å². The second-order valence-electron chi connectivity index (χ2n) is 9.80. The van der Waals surface area contributed by atoms with Crippen molar-refractivity contribution in [2.45, 2.75) is 65.3 Å². The molecule has 0 spiro atoms. The number of carbonyl (C=O) groups excluding carboxylic acids is 1. The van der Waals surface area contributed by atoms with E-state index in [9.17, 15) is 18.4 Å². The van der Waals surface area contributed by atoms with Crippen LogP contribution in [-0.2, 0) is 14.8 Å². The minimum Gasteiger partial charge on any atom is -0.493 e. The number of hydrogen-bond acceptors (Lipinski definition) is 5. The third-order valence-electron chi connectivity index (χ3n) is 5.36. The zero-order valence-corrected chi connectivity index (χ0v) is 21.4. The highest BCUT2D eigenvalue weighted by Crippen LogP contribution is 2.28. The Morgan fingerprint density at radius 2 is 1.61 bits per heavy atom. The number of hydroxylamine groups is 1. The standard InChI is InChI=1S/C25H38N2O5S/c1-17(2)11-12-27(24(13-18(3)4)25(28)26-29)33(30,31)23-10-8-20-14-22(32-16-19(5)6)9-7-21(20)15-23/h7-10,14-15,17-19,24,29H,11-13,16H2,1-6H3,(H,26,28). The van der Waals surface area contributed by atoms with E-state index in [2.05, 4.69) is 13.8 Å². The zero-order chi connectivity index (χ0) is 24.8. The second kappa shape index (κ2) is 11.8. The van der Waals surface area contributed by atoms with Gasteiger partial charge in [0.05, 0.1) is 11.5 Å². The molecule has 2 rings (SSSR count). The van der Waals surface area contributed by atoms with Crippen LogP contribution in [0.15, 0.2) is 41.3 Å². The summed E-state index contributed by atoms with van der Waals surface area (Å²) in [6.45, 7) is 12.8. The van der Waals surface area contributed by atoms with Gasteiger partial charge in [0, 0.05) is 6.54 Å². The van der Waals surface area contributed by atoms with Crippen LogP contribution in [0.3, 0.4) is 0 Å². The number of nitrogens with zero attached hydrogens (tertiary/aromatic N) is 1. The highest BCUT2D eigenvalue weighted by atomic mass is 32.2. The summed E-state index contributed by atoms with van der Waals surface area (Å²) in [6.07, 6.45) is 0.893. The third kappa shape index (κ3) is 7.42. The predicted octanol–water partition coefficient (Wildman–Crippen LogP) is 4.83. The molecule has 0 aliphatic heterocycles. The van der Waals surface area contributed by atoms with Crippen molar-refractivity contribution in [3.05, 3.63) is 36.4 Å². The van der Waals surface area contributed by atoms with Crippen molar-refractivity contribution in [1.82, 2.24) is 9.79 Å². The first kappa shape index (κ1) is 27.1. The maximum atomic E-state index is 13.7. The molecule has 0 saturated heterocycles. The Kier molecular flexibility index (Phi) is 9.70. The molecule has 0 bridgehead atoms. The summed E-state index contributed by atoms with van der Waals surface area (Å²) in [5.74, 6) is 0.732. The van der Waals surface area contributed by atoms with Crippen LogP contribution in [0.25, 0.3) is 10.8 Å². The monoisotopic (exact) mass is 478 g/mol. The van der Waals surface area contributed by atoms with Crippen LogP contribution in [0.5, 0.6) is 5.75 Å². The van der Waals surface area contributed by atoms with Crippen molar-refractivity contribution in [3.63, 3.8) is 0 Å². The first-order valence-electron chi connectivity index (χ1n) is 11.6. The van der Waals surface area contributed by atoms with E-state index in [0.717, 1.165) is 16.5 Å². The SMILES string of the molecule is CC(C)CCN(C(CC(C)C)C(=O)NO)S(=O)(=O)c1ccc2cc(OCC(C)C)ccc2c1. The van der Waals surface area contributed by atoms with Crippen molar-refractivity contribution in [2.24, 2.45) is 17.8 Å². The summed E-state index contributed by atoms with van der Waals surface area (Å²) in [4.78, 5) is 12.6. The summed E-state index contributed by atoms with van der Waals surface area (Å²) in [7, 11) is -3.99. The van der Waals surface area contributed by atoms with Crippen LogP contribution in [0.4, 0.5) is 0 Å². The number of sulfonamides is 1. The number of rotatable bonds is 12. The molecule has 2 aromatic rings. The molecule has 2 aromatic carbocycles. The first-order chi connectivity index (χ1) is 15.4. The van der Waals surface area contributed by atoms with E-state index in [4.69, 9.17) is 4.74 Å². The van der Waals surface area contributed by atoms with Crippen LogP contribution in [-0.4, -0.2) is 43.0 Å². The average molecular weight is 479 g/mol. The summed E-state index contributed by atoms with van der Waals surface area (Å²) in [5, 5.41) is 10.9. The number of hydrogen-bond donors (Lipinski definition) is 2. The molecule has 0 aromatic heterocycles. The average Bonchev–Trinajstić information content (AvgIpc) is 2.75. The fraction of sp³-hybridized carbons (Fsp3) is 0.560. The van der Waals surface area contributed by atoms with Crippen molar-refractivity contribution in [1.29, 1.82) is 0 Å². The topological polar surface area (TPSA) is 95.9 Å². The van der Waals surface area contributed by atoms with Crippen LogP contribution in [0.2, 0.25) is 0 Å². The normalized spacial score (nSPS) is 13.3. The summed E-state index contributed by atoms with van der Waals surface area (Å²) in [6, 6.07) is 9.52. The van der Waals surface area contributed by atoms with Crippen LogP contribution in [0.1, 0.15) is 54.4 Å². The molecule has 0 heterocycles. The van der Waals surface area contributed by atoms with Gasteiger partial charge in [-0.25, -0.2) is 13.9 Å². The van der Waals surface area contributed by atoms with Gasteiger partial charge in [0.2, 0.25) is 10.0 Å². The fourth-order valence-corrected chi connectivity index (χ4v) is 5.21. The fourth-order valence-electron chi connectivity index (χ4n) is 3.56. The van der Waals surface area contributed by atoms with Crippen molar-refractivity contribution < 1.29 is 23.2 Å². The summed E-state index contributed by atoms with van der Waals surface area (Å²) < 4.78 is 34.4. The molecule has 0 fully saturated rings. The van der Waals surface area contributed by atoms with Gasteiger partial charge in [-0.05, 0) is 65.6 Å². The Labute approximate surface area is 198 Å². The van der Waals surface area contributed by atoms with Gasteiger partial charge in [-0.1, -0.05) is 53.7 Å². The van der Waals surface area contributed by atoms with E-state index in [1.54, 1.807) is 23.7 Å². The minimum absolute atomic E-state index is 0.0601. The minimum atomic E-state index is -3.99. The number of amides is 1. The molecule has 1 atom stereocenters. The lowest BCUT2D eigenvalue weighted by molar-refractivity contribution is -0.133. The van der Waals surface area contributed by atoms with Gasteiger partial charge in [0.25, 0.3) is 5.91 Å². The van der Waals surface area contributed by atoms with Gasteiger partial charge < -0.3 is 4.74 Å². The Hall–Kier alpha value is -2.16. The summed E-state index contributed by atoms with van der Waals surface area (Å²) >= 11 is 0. The third-order valence-corrected chi connectivity index (χ3v) is 7.26. The lowest BCUT2D eigenvalue weighted by Gasteiger charge is -2.31. The lowest BCUT2D eigenvalue weighted by atomic mass is 10.0. The molecule has 8 heteroatoms. The van der Waals surface area contributed by atoms with Gasteiger partial charge in [-0.3, -0.25) is 10.0 Å². The Balaban J connectivity index is 2.46.